The second-order valence-corrected chi connectivity index (χ2v) is 5.09. The molecule has 1 aliphatic carbocycles. The van der Waals surface area contributed by atoms with Crippen LogP contribution in [0.2, 0.25) is 5.02 Å². The number of allylic oxidation sites excluding steroid dienone is 1. The van der Waals surface area contributed by atoms with Crippen LogP contribution in [-0.2, 0) is 0 Å². The number of carbonyl (C=O) groups is 1. The van der Waals surface area contributed by atoms with E-state index in [-0.39, 0.29) is 12.6 Å². The number of benzene rings is 1. The van der Waals surface area contributed by atoms with E-state index in [0.29, 0.717) is 17.1 Å². The fraction of sp³-hybridized carbons (Fsp3) is 0.357. The zero-order valence-corrected chi connectivity index (χ0v) is 11.3. The maximum atomic E-state index is 11.7. The lowest BCUT2D eigenvalue weighted by molar-refractivity contribution is 0.0768. The van der Waals surface area contributed by atoms with E-state index in [9.17, 15) is 9.90 Å². The number of aliphatic hydroxyl groups is 1. The van der Waals surface area contributed by atoms with Crippen molar-refractivity contribution < 1.29 is 9.90 Å². The summed E-state index contributed by atoms with van der Waals surface area (Å²) in [6.07, 6.45) is 6.27. The topological polar surface area (TPSA) is 61.4 Å². The number of urea groups is 1. The van der Waals surface area contributed by atoms with Gasteiger partial charge in [0.1, 0.15) is 5.60 Å². The van der Waals surface area contributed by atoms with Gasteiger partial charge in [0.05, 0.1) is 17.3 Å². The third-order valence-corrected chi connectivity index (χ3v) is 3.42. The molecule has 1 unspecified atom stereocenters. The van der Waals surface area contributed by atoms with Gasteiger partial charge in [-0.2, -0.15) is 0 Å². The number of para-hydroxylation sites is 1. The molecule has 0 saturated heterocycles. The minimum absolute atomic E-state index is 0.194. The van der Waals surface area contributed by atoms with Crippen molar-refractivity contribution in [2.45, 2.75) is 24.9 Å². The molecular weight excluding hydrogens is 264 g/mol. The number of amides is 2. The minimum atomic E-state index is -0.934. The highest BCUT2D eigenvalue weighted by molar-refractivity contribution is 6.33. The molecule has 1 aromatic rings. The third kappa shape index (κ3) is 3.98. The van der Waals surface area contributed by atoms with Crippen LogP contribution in [0.25, 0.3) is 0 Å². The van der Waals surface area contributed by atoms with Gasteiger partial charge in [-0.25, -0.2) is 4.79 Å². The summed E-state index contributed by atoms with van der Waals surface area (Å²) >= 11 is 5.94. The average Bonchev–Trinajstić information content (AvgIpc) is 2.40. The molecule has 0 heterocycles. The number of hydrogen-bond donors (Lipinski definition) is 3. The van der Waals surface area contributed by atoms with Gasteiger partial charge in [-0.1, -0.05) is 35.9 Å². The molecular formula is C14H17ClN2O2. The first-order valence-corrected chi connectivity index (χ1v) is 6.66. The first-order chi connectivity index (χ1) is 9.09. The van der Waals surface area contributed by atoms with Gasteiger partial charge in [0.2, 0.25) is 0 Å². The van der Waals surface area contributed by atoms with E-state index in [1.165, 1.54) is 0 Å². The molecule has 0 bridgehead atoms. The summed E-state index contributed by atoms with van der Waals surface area (Å²) in [6.45, 7) is 0.194. The van der Waals surface area contributed by atoms with E-state index in [4.69, 9.17) is 11.6 Å². The van der Waals surface area contributed by atoms with Gasteiger partial charge in [-0.15, -0.1) is 0 Å². The smallest absolute Gasteiger partial charge is 0.319 e. The van der Waals surface area contributed by atoms with Gasteiger partial charge in [-0.05, 0) is 31.4 Å². The maximum absolute atomic E-state index is 11.7. The Bertz CT molecular complexity index is 490. The highest BCUT2D eigenvalue weighted by Crippen LogP contribution is 2.22. The first kappa shape index (κ1) is 13.9. The van der Waals surface area contributed by atoms with E-state index in [0.717, 1.165) is 12.8 Å². The Labute approximate surface area is 117 Å². The quantitative estimate of drug-likeness (QED) is 0.746. The van der Waals surface area contributed by atoms with Crippen LogP contribution >= 0.6 is 11.6 Å². The van der Waals surface area contributed by atoms with E-state index in [1.807, 2.05) is 6.08 Å². The number of hydrogen-bond acceptors (Lipinski definition) is 2. The molecule has 0 fully saturated rings. The zero-order valence-electron chi connectivity index (χ0n) is 10.5. The van der Waals surface area contributed by atoms with Crippen LogP contribution in [0.1, 0.15) is 19.3 Å². The van der Waals surface area contributed by atoms with Crippen molar-refractivity contribution in [2.75, 3.05) is 11.9 Å². The fourth-order valence-electron chi connectivity index (χ4n) is 2.02. The molecule has 2 rings (SSSR count). The molecule has 19 heavy (non-hydrogen) atoms. The molecule has 4 nitrogen and oxygen atoms in total. The first-order valence-electron chi connectivity index (χ1n) is 6.28. The Hall–Kier alpha value is -1.52. The van der Waals surface area contributed by atoms with Crippen LogP contribution < -0.4 is 10.6 Å². The van der Waals surface area contributed by atoms with Crippen molar-refractivity contribution in [2.24, 2.45) is 0 Å². The summed E-state index contributed by atoms with van der Waals surface area (Å²) < 4.78 is 0. The van der Waals surface area contributed by atoms with Crippen LogP contribution in [0, 0.1) is 0 Å². The molecule has 1 aromatic carbocycles. The molecule has 0 spiro atoms. The normalized spacial score (nSPS) is 22.0. The van der Waals surface area contributed by atoms with Crippen molar-refractivity contribution in [3.05, 3.63) is 41.4 Å². The summed E-state index contributed by atoms with van der Waals surface area (Å²) in [5.41, 5.74) is -0.386. The average molecular weight is 281 g/mol. The fourth-order valence-corrected chi connectivity index (χ4v) is 2.20. The van der Waals surface area contributed by atoms with Crippen LogP contribution in [-0.4, -0.2) is 23.3 Å². The molecule has 0 aliphatic heterocycles. The summed E-state index contributed by atoms with van der Waals surface area (Å²) in [4.78, 5) is 11.7. The molecule has 0 radical (unpaired) electrons. The molecule has 5 heteroatoms. The standard InChI is InChI=1S/C14H17ClN2O2/c15-11-6-2-3-7-12(11)17-13(18)16-10-14(19)8-4-1-5-9-14/h2-4,6-8,19H,1,5,9-10H2,(H2,16,17,18). The zero-order chi connectivity index (χ0) is 13.7. The number of rotatable bonds is 3. The van der Waals surface area contributed by atoms with E-state index < -0.39 is 5.60 Å². The lowest BCUT2D eigenvalue weighted by Crippen LogP contribution is -2.43. The van der Waals surface area contributed by atoms with Gasteiger partial charge >= 0.3 is 6.03 Å². The Balaban J connectivity index is 1.87. The van der Waals surface area contributed by atoms with Gasteiger partial charge in [0, 0.05) is 0 Å². The third-order valence-electron chi connectivity index (χ3n) is 3.09. The van der Waals surface area contributed by atoms with Crippen LogP contribution in [0.4, 0.5) is 10.5 Å². The second-order valence-electron chi connectivity index (χ2n) is 4.69. The van der Waals surface area contributed by atoms with Crippen LogP contribution in [0.15, 0.2) is 36.4 Å². The molecule has 0 saturated carbocycles. The van der Waals surface area contributed by atoms with Crippen molar-refractivity contribution in [3.8, 4) is 0 Å². The number of anilines is 1. The predicted octanol–water partition coefficient (Wildman–Crippen LogP) is 2.93. The molecule has 102 valence electrons. The van der Waals surface area contributed by atoms with Gasteiger partial charge in [-0.3, -0.25) is 0 Å². The van der Waals surface area contributed by atoms with Crippen molar-refractivity contribution in [1.82, 2.24) is 5.32 Å². The largest absolute Gasteiger partial charge is 0.384 e. The Morgan fingerprint density at radius 3 is 2.89 bits per heavy atom. The molecule has 1 aliphatic rings. The van der Waals surface area contributed by atoms with Gasteiger partial charge in [0.25, 0.3) is 0 Å². The maximum Gasteiger partial charge on any atom is 0.319 e. The summed E-state index contributed by atoms with van der Waals surface area (Å²) in [5, 5.41) is 16.0. The van der Waals surface area contributed by atoms with Crippen molar-refractivity contribution >= 4 is 23.3 Å². The lowest BCUT2D eigenvalue weighted by Gasteiger charge is -2.27. The van der Waals surface area contributed by atoms with Gasteiger partial charge in [0.15, 0.2) is 0 Å². The predicted molar refractivity (Wildman–Crippen MR) is 76.4 cm³/mol. The summed E-state index contributed by atoms with van der Waals surface area (Å²) in [6, 6.07) is 6.63. The molecule has 1 atom stereocenters. The highest BCUT2D eigenvalue weighted by atomic mass is 35.5. The van der Waals surface area contributed by atoms with Gasteiger partial charge < -0.3 is 15.7 Å². The number of nitrogens with one attached hydrogen (secondary N) is 2. The van der Waals surface area contributed by atoms with Crippen LogP contribution in [0.5, 0.6) is 0 Å². The molecule has 0 aromatic heterocycles. The SMILES string of the molecule is O=C(NCC1(O)C=CCCC1)Nc1ccccc1Cl. The monoisotopic (exact) mass is 280 g/mol. The molecule has 3 N–H and O–H groups in total. The van der Waals surface area contributed by atoms with E-state index in [2.05, 4.69) is 10.6 Å². The van der Waals surface area contributed by atoms with Crippen LogP contribution in [0.3, 0.4) is 0 Å². The Kier molecular flexibility index (Phi) is 4.45. The minimum Gasteiger partial charge on any atom is -0.384 e. The Morgan fingerprint density at radius 2 is 2.21 bits per heavy atom. The number of halogens is 1. The summed E-state index contributed by atoms with van der Waals surface area (Å²) in [5.74, 6) is 0. The Morgan fingerprint density at radius 1 is 1.42 bits per heavy atom. The highest BCUT2D eigenvalue weighted by Gasteiger charge is 2.25. The van der Waals surface area contributed by atoms with Crippen molar-refractivity contribution in [1.29, 1.82) is 0 Å². The summed E-state index contributed by atoms with van der Waals surface area (Å²) in [7, 11) is 0. The number of carbonyl (C=O) groups excluding carboxylic acids is 1. The lowest BCUT2D eigenvalue weighted by atomic mass is 9.91. The van der Waals surface area contributed by atoms with E-state index >= 15 is 0 Å². The van der Waals surface area contributed by atoms with Crippen molar-refractivity contribution in [3.63, 3.8) is 0 Å². The molecule has 2 amide bonds. The second kappa shape index (κ2) is 6.08. The van der Waals surface area contributed by atoms with E-state index in [1.54, 1.807) is 30.3 Å².